The van der Waals surface area contributed by atoms with E-state index < -0.39 is 0 Å². The van der Waals surface area contributed by atoms with Gasteiger partial charge in [0, 0.05) is 35.4 Å². The number of pyridine rings is 1. The van der Waals surface area contributed by atoms with Gasteiger partial charge < -0.3 is 11.1 Å². The van der Waals surface area contributed by atoms with Crippen LogP contribution in [0, 0.1) is 6.92 Å². The average Bonchev–Trinajstić information content (AvgIpc) is 2.62. The van der Waals surface area contributed by atoms with Crippen molar-refractivity contribution in [2.75, 3.05) is 6.54 Å². The number of nitrogens with two attached hydrogens (primary N) is 1. The highest BCUT2D eigenvalue weighted by molar-refractivity contribution is 6.30. The first kappa shape index (κ1) is 23.7. The summed E-state index contributed by atoms with van der Waals surface area (Å²) in [5, 5.41) is 3.88. The molecule has 27 heavy (non-hydrogen) atoms. The van der Waals surface area contributed by atoms with Crippen LogP contribution in [0.25, 0.3) is 0 Å². The maximum atomic E-state index is 12.4. The Bertz CT molecular complexity index is 762. The lowest BCUT2D eigenvalue weighted by atomic mass is 9.68. The zero-order valence-corrected chi connectivity index (χ0v) is 17.7. The molecular formula is C20H26Cl3N3O. The predicted molar refractivity (Wildman–Crippen MR) is 115 cm³/mol. The first-order chi connectivity index (χ1) is 12.0. The highest BCUT2D eigenvalue weighted by atomic mass is 35.5. The van der Waals surface area contributed by atoms with E-state index in [1.54, 1.807) is 12.4 Å². The topological polar surface area (TPSA) is 68.0 Å². The summed E-state index contributed by atoms with van der Waals surface area (Å²) in [4.78, 5) is 16.5. The third kappa shape index (κ3) is 5.58. The number of halogens is 3. The van der Waals surface area contributed by atoms with Crippen molar-refractivity contribution in [3.05, 3.63) is 64.4 Å². The molecule has 1 amide bonds. The minimum absolute atomic E-state index is 0. The number of nitrogens with zero attached hydrogens (tertiary/aromatic N) is 1. The Labute approximate surface area is 178 Å². The molecule has 0 spiro atoms. The molecule has 1 heterocycles. The number of aromatic nitrogens is 1. The molecular weight excluding hydrogens is 405 g/mol. The summed E-state index contributed by atoms with van der Waals surface area (Å²) in [5.41, 5.74) is 8.90. The smallest absolute Gasteiger partial charge is 0.253 e. The van der Waals surface area contributed by atoms with Crippen molar-refractivity contribution in [1.82, 2.24) is 10.3 Å². The first-order valence-corrected chi connectivity index (χ1v) is 9.09. The minimum atomic E-state index is -0.0517. The molecule has 0 saturated heterocycles. The second kappa shape index (κ2) is 10.3. The number of hydrogen-bond acceptors (Lipinski definition) is 3. The lowest BCUT2D eigenvalue weighted by Gasteiger charge is -2.40. The summed E-state index contributed by atoms with van der Waals surface area (Å²) in [7, 11) is 0. The number of carbonyl (C=O) groups excluding carboxylic acids is 1. The third-order valence-electron chi connectivity index (χ3n) is 5.24. The van der Waals surface area contributed by atoms with Crippen LogP contribution in [0.2, 0.25) is 5.02 Å². The van der Waals surface area contributed by atoms with Crippen molar-refractivity contribution < 1.29 is 4.79 Å². The van der Waals surface area contributed by atoms with Crippen molar-refractivity contribution in [3.8, 4) is 0 Å². The fourth-order valence-corrected chi connectivity index (χ4v) is 3.88. The molecule has 3 N–H and O–H groups in total. The highest BCUT2D eigenvalue weighted by Crippen LogP contribution is 2.39. The molecule has 148 valence electrons. The van der Waals surface area contributed by atoms with E-state index in [9.17, 15) is 4.79 Å². The Hall–Kier alpha value is -1.33. The van der Waals surface area contributed by atoms with E-state index in [0.717, 1.165) is 36.3 Å². The fourth-order valence-electron chi connectivity index (χ4n) is 3.69. The van der Waals surface area contributed by atoms with Crippen molar-refractivity contribution in [1.29, 1.82) is 0 Å². The molecule has 3 rings (SSSR count). The maximum absolute atomic E-state index is 12.4. The molecule has 0 atom stereocenters. The van der Waals surface area contributed by atoms with Crippen molar-refractivity contribution >= 4 is 42.3 Å². The lowest BCUT2D eigenvalue weighted by molar-refractivity contribution is 0.0917. The lowest BCUT2D eigenvalue weighted by Crippen LogP contribution is -2.45. The molecule has 1 aromatic heterocycles. The second-order valence-electron chi connectivity index (χ2n) is 6.99. The molecule has 0 aliphatic heterocycles. The average molecular weight is 431 g/mol. The van der Waals surface area contributed by atoms with Crippen molar-refractivity contribution in [2.24, 2.45) is 5.73 Å². The van der Waals surface area contributed by atoms with Gasteiger partial charge in [-0.25, -0.2) is 0 Å². The van der Waals surface area contributed by atoms with Gasteiger partial charge in [0.25, 0.3) is 5.91 Å². The van der Waals surface area contributed by atoms with Crippen LogP contribution in [0.15, 0.2) is 42.7 Å². The van der Waals surface area contributed by atoms with Crippen LogP contribution in [-0.4, -0.2) is 23.5 Å². The summed E-state index contributed by atoms with van der Waals surface area (Å²) in [5.74, 6) is -0.0517. The Morgan fingerprint density at radius 2 is 1.96 bits per heavy atom. The van der Waals surface area contributed by atoms with Gasteiger partial charge in [-0.1, -0.05) is 23.7 Å². The predicted octanol–water partition coefficient (Wildman–Crippen LogP) is 4.46. The van der Waals surface area contributed by atoms with Gasteiger partial charge >= 0.3 is 0 Å². The zero-order chi connectivity index (χ0) is 17.9. The Kier molecular flexibility index (Phi) is 9.03. The van der Waals surface area contributed by atoms with Crippen LogP contribution in [0.3, 0.4) is 0 Å². The molecule has 0 radical (unpaired) electrons. The van der Waals surface area contributed by atoms with Crippen LogP contribution in [0.5, 0.6) is 0 Å². The van der Waals surface area contributed by atoms with Crippen molar-refractivity contribution in [3.63, 3.8) is 0 Å². The molecule has 1 fully saturated rings. The van der Waals surface area contributed by atoms with Crippen LogP contribution in [-0.2, 0) is 5.41 Å². The van der Waals surface area contributed by atoms with Crippen molar-refractivity contribution in [2.45, 2.75) is 44.1 Å². The van der Waals surface area contributed by atoms with Gasteiger partial charge in [0.1, 0.15) is 0 Å². The van der Waals surface area contributed by atoms with E-state index >= 15 is 0 Å². The maximum Gasteiger partial charge on any atom is 0.253 e. The number of benzene rings is 1. The second-order valence-corrected chi connectivity index (χ2v) is 7.43. The molecule has 1 aromatic carbocycles. The molecule has 0 bridgehead atoms. The summed E-state index contributed by atoms with van der Waals surface area (Å²) in [6.07, 6.45) is 7.07. The van der Waals surface area contributed by atoms with E-state index in [1.807, 2.05) is 31.2 Å². The molecule has 0 unspecified atom stereocenters. The van der Waals surface area contributed by atoms with Crippen LogP contribution >= 0.6 is 36.4 Å². The Morgan fingerprint density at radius 3 is 2.56 bits per heavy atom. The van der Waals surface area contributed by atoms with Gasteiger partial charge in [-0.2, -0.15) is 0 Å². The minimum Gasteiger partial charge on any atom is -0.349 e. The number of rotatable bonds is 4. The molecule has 1 aliphatic rings. The third-order valence-corrected chi connectivity index (χ3v) is 5.48. The van der Waals surface area contributed by atoms with Gasteiger partial charge in [0.2, 0.25) is 0 Å². The van der Waals surface area contributed by atoms with Gasteiger partial charge in [-0.3, -0.25) is 9.78 Å². The zero-order valence-electron chi connectivity index (χ0n) is 15.3. The van der Waals surface area contributed by atoms with Crippen LogP contribution < -0.4 is 11.1 Å². The quantitative estimate of drug-likeness (QED) is 0.752. The van der Waals surface area contributed by atoms with E-state index in [1.165, 1.54) is 5.56 Å². The summed E-state index contributed by atoms with van der Waals surface area (Å²) >= 11 is 6.16. The normalized spacial score (nSPS) is 21.5. The number of carbonyl (C=O) groups is 1. The molecule has 2 aromatic rings. The molecule has 1 aliphatic carbocycles. The van der Waals surface area contributed by atoms with E-state index in [2.05, 4.69) is 16.4 Å². The standard InChI is InChI=1S/C20H24ClN3O.2ClH/c1-14-9-15(12-23-11-14)19(25)24-18-5-7-20(13-22,8-6-18)16-3-2-4-17(21)10-16;;/h2-4,9-12,18H,5-8,13,22H2,1H3,(H,24,25);2*1H. The number of hydrogen-bond donors (Lipinski definition) is 2. The highest BCUT2D eigenvalue weighted by Gasteiger charge is 2.36. The van der Waals surface area contributed by atoms with E-state index in [0.29, 0.717) is 12.1 Å². The van der Waals surface area contributed by atoms with E-state index in [4.69, 9.17) is 17.3 Å². The van der Waals surface area contributed by atoms with Gasteiger partial charge in [-0.05, 0) is 61.9 Å². The SMILES string of the molecule is Cc1cncc(C(=O)NC2CCC(CN)(c3cccc(Cl)c3)CC2)c1.Cl.Cl. The summed E-state index contributed by atoms with van der Waals surface area (Å²) in [6.45, 7) is 2.53. The van der Waals surface area contributed by atoms with Crippen LogP contribution in [0.1, 0.15) is 47.2 Å². The van der Waals surface area contributed by atoms with E-state index in [-0.39, 0.29) is 42.2 Å². The number of aryl methyl sites for hydroxylation is 1. The van der Waals surface area contributed by atoms with Gasteiger partial charge in [0.05, 0.1) is 5.56 Å². The molecule has 1 saturated carbocycles. The largest absolute Gasteiger partial charge is 0.349 e. The number of nitrogens with one attached hydrogen (secondary N) is 1. The number of amides is 1. The summed E-state index contributed by atoms with van der Waals surface area (Å²) in [6, 6.07) is 10.0. The summed E-state index contributed by atoms with van der Waals surface area (Å²) < 4.78 is 0. The molecule has 4 nitrogen and oxygen atoms in total. The Morgan fingerprint density at radius 1 is 1.26 bits per heavy atom. The monoisotopic (exact) mass is 429 g/mol. The van der Waals surface area contributed by atoms with Crippen LogP contribution in [0.4, 0.5) is 0 Å². The molecule has 7 heteroatoms. The fraction of sp³-hybridized carbons (Fsp3) is 0.400. The van der Waals surface area contributed by atoms with Gasteiger partial charge in [-0.15, -0.1) is 24.8 Å². The van der Waals surface area contributed by atoms with Gasteiger partial charge in [0.15, 0.2) is 0 Å². The first-order valence-electron chi connectivity index (χ1n) is 8.71. The Balaban J connectivity index is 0.00000182.